The van der Waals surface area contributed by atoms with Crippen LogP contribution in [-0.2, 0) is 4.79 Å². The molecule has 0 unspecified atom stereocenters. The van der Waals surface area contributed by atoms with Crippen LogP contribution in [0.5, 0.6) is 5.75 Å². The SMILES string of the molecule is O=C(COc1cc(F)cc(F)c1)NC1CCNCC1. The van der Waals surface area contributed by atoms with E-state index in [1.807, 2.05) is 0 Å². The molecule has 0 radical (unpaired) electrons. The zero-order valence-electron chi connectivity index (χ0n) is 10.4. The highest BCUT2D eigenvalue weighted by molar-refractivity contribution is 5.77. The Labute approximate surface area is 110 Å². The molecular formula is C13H16F2N2O2. The van der Waals surface area contributed by atoms with Crippen molar-refractivity contribution in [3.05, 3.63) is 29.8 Å². The van der Waals surface area contributed by atoms with Crippen molar-refractivity contribution in [1.82, 2.24) is 10.6 Å². The molecule has 0 saturated carbocycles. The van der Waals surface area contributed by atoms with Crippen LogP contribution in [0, 0.1) is 11.6 Å². The molecule has 1 amide bonds. The van der Waals surface area contributed by atoms with E-state index in [0.717, 1.165) is 44.1 Å². The van der Waals surface area contributed by atoms with Gasteiger partial charge in [0.05, 0.1) is 0 Å². The van der Waals surface area contributed by atoms with E-state index in [-0.39, 0.29) is 24.3 Å². The van der Waals surface area contributed by atoms with Gasteiger partial charge < -0.3 is 15.4 Å². The number of carbonyl (C=O) groups excluding carboxylic acids is 1. The minimum Gasteiger partial charge on any atom is -0.484 e. The van der Waals surface area contributed by atoms with E-state index in [9.17, 15) is 13.6 Å². The monoisotopic (exact) mass is 270 g/mol. The highest BCUT2D eigenvalue weighted by Crippen LogP contribution is 2.15. The Morgan fingerprint density at radius 1 is 1.26 bits per heavy atom. The quantitative estimate of drug-likeness (QED) is 0.864. The number of amides is 1. The normalized spacial score (nSPS) is 16.1. The molecule has 1 saturated heterocycles. The minimum absolute atomic E-state index is 0.0120. The molecule has 4 nitrogen and oxygen atoms in total. The predicted molar refractivity (Wildman–Crippen MR) is 65.9 cm³/mol. The lowest BCUT2D eigenvalue weighted by Crippen LogP contribution is -2.44. The molecule has 1 aliphatic heterocycles. The Morgan fingerprint density at radius 3 is 2.53 bits per heavy atom. The van der Waals surface area contributed by atoms with Crippen molar-refractivity contribution in [2.45, 2.75) is 18.9 Å². The van der Waals surface area contributed by atoms with Crippen molar-refractivity contribution < 1.29 is 18.3 Å². The van der Waals surface area contributed by atoms with Crippen LogP contribution in [0.2, 0.25) is 0 Å². The Hall–Kier alpha value is -1.69. The fourth-order valence-electron chi connectivity index (χ4n) is 2.00. The van der Waals surface area contributed by atoms with Gasteiger partial charge in [-0.05, 0) is 25.9 Å². The molecule has 1 fully saturated rings. The smallest absolute Gasteiger partial charge is 0.258 e. The zero-order chi connectivity index (χ0) is 13.7. The van der Waals surface area contributed by atoms with Gasteiger partial charge in [0.2, 0.25) is 0 Å². The van der Waals surface area contributed by atoms with Gasteiger partial charge in [-0.15, -0.1) is 0 Å². The maximum Gasteiger partial charge on any atom is 0.258 e. The van der Waals surface area contributed by atoms with E-state index in [2.05, 4.69) is 10.6 Å². The lowest BCUT2D eigenvalue weighted by atomic mass is 10.1. The first-order chi connectivity index (χ1) is 9.13. The van der Waals surface area contributed by atoms with Crippen molar-refractivity contribution in [1.29, 1.82) is 0 Å². The van der Waals surface area contributed by atoms with Gasteiger partial charge in [0, 0.05) is 24.2 Å². The van der Waals surface area contributed by atoms with E-state index >= 15 is 0 Å². The van der Waals surface area contributed by atoms with E-state index in [1.54, 1.807) is 0 Å². The number of hydrogen-bond acceptors (Lipinski definition) is 3. The van der Waals surface area contributed by atoms with Gasteiger partial charge in [-0.1, -0.05) is 0 Å². The Balaban J connectivity index is 1.79. The zero-order valence-corrected chi connectivity index (χ0v) is 10.4. The van der Waals surface area contributed by atoms with Gasteiger partial charge in [0.15, 0.2) is 6.61 Å². The Morgan fingerprint density at radius 2 is 1.89 bits per heavy atom. The number of piperidine rings is 1. The second kappa shape index (κ2) is 6.47. The molecule has 0 aliphatic carbocycles. The summed E-state index contributed by atoms with van der Waals surface area (Å²) >= 11 is 0. The lowest BCUT2D eigenvalue weighted by Gasteiger charge is -2.23. The summed E-state index contributed by atoms with van der Waals surface area (Å²) in [6, 6.07) is 2.98. The van der Waals surface area contributed by atoms with E-state index in [0.29, 0.717) is 0 Å². The molecule has 2 rings (SSSR count). The van der Waals surface area contributed by atoms with Crippen LogP contribution >= 0.6 is 0 Å². The summed E-state index contributed by atoms with van der Waals surface area (Å²) in [5, 5.41) is 6.02. The van der Waals surface area contributed by atoms with Gasteiger partial charge in [-0.2, -0.15) is 0 Å². The summed E-state index contributed by atoms with van der Waals surface area (Å²) in [6.45, 7) is 1.51. The summed E-state index contributed by atoms with van der Waals surface area (Å²) < 4.78 is 30.9. The number of hydrogen-bond donors (Lipinski definition) is 2. The molecule has 0 spiro atoms. The van der Waals surface area contributed by atoms with Crippen molar-refractivity contribution in [3.8, 4) is 5.75 Å². The topological polar surface area (TPSA) is 50.4 Å². The molecule has 19 heavy (non-hydrogen) atoms. The number of ether oxygens (including phenoxy) is 1. The van der Waals surface area contributed by atoms with Gasteiger partial charge in [0.25, 0.3) is 5.91 Å². The third kappa shape index (κ3) is 4.48. The molecule has 104 valence electrons. The van der Waals surface area contributed by atoms with Crippen LogP contribution in [0.25, 0.3) is 0 Å². The second-order valence-electron chi connectivity index (χ2n) is 4.49. The van der Waals surface area contributed by atoms with Crippen LogP contribution in [0.1, 0.15) is 12.8 Å². The molecule has 1 aliphatic rings. The lowest BCUT2D eigenvalue weighted by molar-refractivity contribution is -0.124. The van der Waals surface area contributed by atoms with Gasteiger partial charge in [0.1, 0.15) is 17.4 Å². The van der Waals surface area contributed by atoms with Gasteiger partial charge in [-0.25, -0.2) is 8.78 Å². The molecule has 1 aromatic rings. The number of nitrogens with one attached hydrogen (secondary N) is 2. The maximum absolute atomic E-state index is 12.9. The predicted octanol–water partition coefficient (Wildman–Crippen LogP) is 1.21. The van der Waals surface area contributed by atoms with E-state index < -0.39 is 11.6 Å². The average Bonchev–Trinajstić information content (AvgIpc) is 2.36. The van der Waals surface area contributed by atoms with Crippen molar-refractivity contribution in [3.63, 3.8) is 0 Å². The van der Waals surface area contributed by atoms with Crippen molar-refractivity contribution in [2.24, 2.45) is 0 Å². The minimum atomic E-state index is -0.728. The number of rotatable bonds is 4. The molecular weight excluding hydrogens is 254 g/mol. The number of halogens is 2. The second-order valence-corrected chi connectivity index (χ2v) is 4.49. The Kier molecular flexibility index (Phi) is 4.68. The fraction of sp³-hybridized carbons (Fsp3) is 0.462. The molecule has 0 bridgehead atoms. The van der Waals surface area contributed by atoms with Crippen LogP contribution in [-0.4, -0.2) is 31.6 Å². The van der Waals surface area contributed by atoms with Gasteiger partial charge in [-0.3, -0.25) is 4.79 Å². The summed E-state index contributed by atoms with van der Waals surface area (Å²) in [5.41, 5.74) is 0. The summed E-state index contributed by atoms with van der Waals surface area (Å²) in [4.78, 5) is 11.6. The molecule has 1 aromatic carbocycles. The number of carbonyl (C=O) groups is 1. The first-order valence-electron chi connectivity index (χ1n) is 6.22. The molecule has 2 N–H and O–H groups in total. The third-order valence-corrected chi connectivity index (χ3v) is 2.91. The number of benzene rings is 1. The highest BCUT2D eigenvalue weighted by atomic mass is 19.1. The average molecular weight is 270 g/mol. The van der Waals surface area contributed by atoms with Crippen LogP contribution in [0.15, 0.2) is 18.2 Å². The Bertz CT molecular complexity index is 428. The molecule has 0 atom stereocenters. The molecule has 6 heteroatoms. The van der Waals surface area contributed by atoms with Crippen LogP contribution < -0.4 is 15.4 Å². The van der Waals surface area contributed by atoms with E-state index in [1.165, 1.54) is 0 Å². The summed E-state index contributed by atoms with van der Waals surface area (Å²) in [5.74, 6) is -1.72. The van der Waals surface area contributed by atoms with Crippen LogP contribution in [0.3, 0.4) is 0 Å². The van der Waals surface area contributed by atoms with E-state index in [4.69, 9.17) is 4.74 Å². The first-order valence-corrected chi connectivity index (χ1v) is 6.22. The third-order valence-electron chi connectivity index (χ3n) is 2.91. The van der Waals surface area contributed by atoms with Gasteiger partial charge >= 0.3 is 0 Å². The first kappa shape index (κ1) is 13.7. The fourth-order valence-corrected chi connectivity index (χ4v) is 2.00. The largest absolute Gasteiger partial charge is 0.484 e. The summed E-state index contributed by atoms with van der Waals surface area (Å²) in [6.07, 6.45) is 1.75. The molecule has 1 heterocycles. The maximum atomic E-state index is 12.9. The van der Waals surface area contributed by atoms with Crippen molar-refractivity contribution in [2.75, 3.05) is 19.7 Å². The highest BCUT2D eigenvalue weighted by Gasteiger charge is 2.15. The van der Waals surface area contributed by atoms with Crippen LogP contribution in [0.4, 0.5) is 8.78 Å². The molecule has 0 aromatic heterocycles. The van der Waals surface area contributed by atoms with Crippen molar-refractivity contribution >= 4 is 5.91 Å². The summed E-state index contributed by atoms with van der Waals surface area (Å²) in [7, 11) is 0. The standard InChI is InChI=1S/C13H16F2N2O2/c14-9-5-10(15)7-12(6-9)19-8-13(18)17-11-1-3-16-4-2-11/h5-7,11,16H,1-4,8H2,(H,17,18).